The topological polar surface area (TPSA) is 47.3 Å². The highest BCUT2D eigenvalue weighted by Crippen LogP contribution is 2.37. The van der Waals surface area contributed by atoms with Gasteiger partial charge in [0, 0.05) is 13.2 Å². The van der Waals surface area contributed by atoms with Crippen molar-refractivity contribution in [1.82, 2.24) is 5.43 Å². The van der Waals surface area contributed by atoms with Gasteiger partial charge in [-0.3, -0.25) is 5.84 Å². The fourth-order valence-electron chi connectivity index (χ4n) is 1.23. The molecule has 1 fully saturated rings. The molecule has 0 atom stereocenters. The Morgan fingerprint density at radius 2 is 1.69 bits per heavy atom. The highest BCUT2D eigenvalue weighted by Gasteiger charge is 2.54. The number of halogens is 4. The van der Waals surface area contributed by atoms with E-state index in [-0.39, 0.29) is 38.5 Å². The van der Waals surface area contributed by atoms with Gasteiger partial charge in [0.1, 0.15) is 5.54 Å². The summed E-state index contributed by atoms with van der Waals surface area (Å²) in [5.74, 6) is 4.90. The molecule has 80 valence electrons. The Labute approximate surface area is 80.2 Å². The second-order valence-electron chi connectivity index (χ2n) is 2.84. The van der Waals surface area contributed by atoms with Gasteiger partial charge in [0.25, 0.3) is 0 Å². The molecule has 3 N–H and O–H groups in total. The second kappa shape index (κ2) is 4.45. The lowest BCUT2D eigenvalue weighted by molar-refractivity contribution is -0.216. The number of hydrogen-bond acceptors (Lipinski definition) is 3. The van der Waals surface area contributed by atoms with Crippen LogP contribution in [0.2, 0.25) is 0 Å². The molecule has 0 aromatic heterocycles. The van der Waals surface area contributed by atoms with Crippen LogP contribution in [0, 0.1) is 0 Å². The number of hydrogen-bond donors (Lipinski definition) is 2. The Bertz CT molecular complexity index is 158. The average molecular weight is 221 g/mol. The summed E-state index contributed by atoms with van der Waals surface area (Å²) in [4.78, 5) is 0. The third-order valence-electron chi connectivity index (χ3n) is 2.17. The lowest BCUT2D eigenvalue weighted by Crippen LogP contribution is -2.62. The van der Waals surface area contributed by atoms with Crippen molar-refractivity contribution in [2.75, 3.05) is 13.2 Å². The van der Waals surface area contributed by atoms with Crippen molar-refractivity contribution >= 4 is 12.4 Å². The number of hydrazine groups is 1. The molecule has 0 bridgehead atoms. The standard InChI is InChI=1S/C6H11F3N2O.ClH/c7-6(8,9)5(11-10)1-3-12-4-2-5;/h11H,1-4,10H2;1H. The minimum Gasteiger partial charge on any atom is -0.381 e. The van der Waals surface area contributed by atoms with Crippen LogP contribution in [0.5, 0.6) is 0 Å². The predicted octanol–water partition coefficient (Wildman–Crippen LogP) is 0.983. The molecule has 1 heterocycles. The van der Waals surface area contributed by atoms with Crippen molar-refractivity contribution in [2.45, 2.75) is 24.6 Å². The van der Waals surface area contributed by atoms with Crippen LogP contribution in [0.25, 0.3) is 0 Å². The SMILES string of the molecule is Cl.NNC1(C(F)(F)F)CCOCC1. The number of nitrogens with one attached hydrogen (secondary N) is 1. The summed E-state index contributed by atoms with van der Waals surface area (Å²) in [7, 11) is 0. The van der Waals surface area contributed by atoms with Crippen LogP contribution in [-0.2, 0) is 4.74 Å². The fourth-order valence-corrected chi connectivity index (χ4v) is 1.23. The highest BCUT2D eigenvalue weighted by molar-refractivity contribution is 5.85. The van der Waals surface area contributed by atoms with Crippen molar-refractivity contribution in [3.63, 3.8) is 0 Å². The van der Waals surface area contributed by atoms with Crippen molar-refractivity contribution in [1.29, 1.82) is 0 Å². The molecule has 1 aliphatic rings. The number of alkyl halides is 3. The van der Waals surface area contributed by atoms with Gasteiger partial charge in [-0.15, -0.1) is 12.4 Å². The highest BCUT2D eigenvalue weighted by atomic mass is 35.5. The monoisotopic (exact) mass is 220 g/mol. The third kappa shape index (κ3) is 2.46. The Morgan fingerprint density at radius 1 is 1.23 bits per heavy atom. The van der Waals surface area contributed by atoms with E-state index in [4.69, 9.17) is 10.6 Å². The van der Waals surface area contributed by atoms with Gasteiger partial charge in [0.05, 0.1) is 0 Å². The van der Waals surface area contributed by atoms with Crippen molar-refractivity contribution in [3.8, 4) is 0 Å². The molecule has 0 saturated carbocycles. The van der Waals surface area contributed by atoms with Gasteiger partial charge in [-0.1, -0.05) is 0 Å². The molecule has 0 aromatic carbocycles. The number of ether oxygens (including phenoxy) is 1. The smallest absolute Gasteiger partial charge is 0.381 e. The summed E-state index contributed by atoms with van der Waals surface area (Å²) < 4.78 is 42.0. The summed E-state index contributed by atoms with van der Waals surface area (Å²) in [5, 5.41) is 0. The summed E-state index contributed by atoms with van der Waals surface area (Å²) in [6, 6.07) is 0. The van der Waals surface area contributed by atoms with E-state index >= 15 is 0 Å². The maximum Gasteiger partial charge on any atom is 0.408 e. The largest absolute Gasteiger partial charge is 0.408 e. The Morgan fingerprint density at radius 3 is 1.92 bits per heavy atom. The molecule has 13 heavy (non-hydrogen) atoms. The van der Waals surface area contributed by atoms with Gasteiger partial charge in [-0.05, 0) is 12.8 Å². The summed E-state index contributed by atoms with van der Waals surface area (Å²) >= 11 is 0. The number of rotatable bonds is 1. The summed E-state index contributed by atoms with van der Waals surface area (Å²) in [6.07, 6.45) is -4.54. The first-order valence-electron chi connectivity index (χ1n) is 3.64. The molecular formula is C6H12ClF3N2O. The lowest BCUT2D eigenvalue weighted by Gasteiger charge is -2.37. The van der Waals surface area contributed by atoms with Gasteiger partial charge in [-0.25, -0.2) is 5.43 Å². The normalized spacial score (nSPS) is 22.2. The van der Waals surface area contributed by atoms with E-state index in [1.54, 1.807) is 0 Å². The molecule has 0 radical (unpaired) electrons. The molecule has 0 aromatic rings. The van der Waals surface area contributed by atoms with Gasteiger partial charge in [0.15, 0.2) is 0 Å². The van der Waals surface area contributed by atoms with Crippen LogP contribution in [0.3, 0.4) is 0 Å². The number of nitrogens with two attached hydrogens (primary N) is 1. The lowest BCUT2D eigenvalue weighted by atomic mass is 9.90. The van der Waals surface area contributed by atoms with Crippen LogP contribution >= 0.6 is 12.4 Å². The zero-order valence-electron chi connectivity index (χ0n) is 6.86. The molecule has 1 saturated heterocycles. The Kier molecular flexibility index (Phi) is 4.44. The Balaban J connectivity index is 0.00000144. The zero-order chi connectivity index (χ0) is 9.24. The quantitative estimate of drug-likeness (QED) is 0.512. The maximum atomic E-state index is 12.4. The molecule has 7 heteroatoms. The minimum atomic E-state index is -4.30. The first-order chi connectivity index (χ1) is 5.52. The van der Waals surface area contributed by atoms with Gasteiger partial charge >= 0.3 is 6.18 Å². The van der Waals surface area contributed by atoms with E-state index in [0.29, 0.717) is 0 Å². The molecule has 0 aliphatic carbocycles. The van der Waals surface area contributed by atoms with E-state index < -0.39 is 11.7 Å². The third-order valence-corrected chi connectivity index (χ3v) is 2.17. The molecule has 0 spiro atoms. The maximum absolute atomic E-state index is 12.4. The van der Waals surface area contributed by atoms with Crippen LogP contribution in [0.1, 0.15) is 12.8 Å². The second-order valence-corrected chi connectivity index (χ2v) is 2.84. The predicted molar refractivity (Wildman–Crippen MR) is 43.4 cm³/mol. The van der Waals surface area contributed by atoms with E-state index in [2.05, 4.69) is 0 Å². The van der Waals surface area contributed by atoms with Gasteiger partial charge in [-0.2, -0.15) is 13.2 Å². The molecular weight excluding hydrogens is 209 g/mol. The fraction of sp³-hybridized carbons (Fsp3) is 1.00. The van der Waals surface area contributed by atoms with E-state index in [1.165, 1.54) is 0 Å². The van der Waals surface area contributed by atoms with Gasteiger partial charge < -0.3 is 4.74 Å². The molecule has 1 rings (SSSR count). The van der Waals surface area contributed by atoms with Crippen molar-refractivity contribution in [3.05, 3.63) is 0 Å². The van der Waals surface area contributed by atoms with Crippen LogP contribution in [0.4, 0.5) is 13.2 Å². The average Bonchev–Trinajstić information content (AvgIpc) is 2.04. The molecule has 0 amide bonds. The molecule has 3 nitrogen and oxygen atoms in total. The van der Waals surface area contributed by atoms with Gasteiger partial charge in [0.2, 0.25) is 0 Å². The van der Waals surface area contributed by atoms with Crippen molar-refractivity contribution in [2.24, 2.45) is 5.84 Å². The minimum absolute atomic E-state index is 0. The zero-order valence-corrected chi connectivity index (χ0v) is 7.67. The summed E-state index contributed by atoms with van der Waals surface area (Å²) in [5.41, 5.74) is -0.0869. The van der Waals surface area contributed by atoms with E-state index in [9.17, 15) is 13.2 Å². The van der Waals surface area contributed by atoms with Crippen LogP contribution in [-0.4, -0.2) is 24.9 Å². The first-order valence-corrected chi connectivity index (χ1v) is 3.64. The van der Waals surface area contributed by atoms with E-state index in [1.807, 2.05) is 5.43 Å². The molecule has 1 aliphatic heterocycles. The van der Waals surface area contributed by atoms with Crippen LogP contribution < -0.4 is 11.3 Å². The van der Waals surface area contributed by atoms with E-state index in [0.717, 1.165) is 0 Å². The van der Waals surface area contributed by atoms with Crippen molar-refractivity contribution < 1.29 is 17.9 Å². The summed E-state index contributed by atoms with van der Waals surface area (Å²) in [6.45, 7) is 0.202. The van der Waals surface area contributed by atoms with Crippen LogP contribution in [0.15, 0.2) is 0 Å². The molecule has 0 unspecified atom stereocenters. The Hall–Kier alpha value is -0.0400. The first kappa shape index (κ1) is 13.0.